The van der Waals surface area contributed by atoms with Gasteiger partial charge in [-0.25, -0.2) is 0 Å². The third-order valence-electron chi connectivity index (χ3n) is 0.703. The molecule has 0 aromatic rings. The average molecular weight is 182 g/mol. The Hall–Kier alpha value is -1.04. The van der Waals surface area contributed by atoms with Gasteiger partial charge in [0.25, 0.3) is 0 Å². The van der Waals surface area contributed by atoms with E-state index in [1.165, 1.54) is 0 Å². The smallest absolute Gasteiger partial charge is 0.0398 e. The van der Waals surface area contributed by atoms with Crippen molar-refractivity contribution in [1.82, 2.24) is 0 Å². The van der Waals surface area contributed by atoms with Crippen LogP contribution in [-0.4, -0.2) is 0 Å². The van der Waals surface area contributed by atoms with Crippen molar-refractivity contribution in [3.8, 4) is 0 Å². The molecule has 0 spiro atoms. The Morgan fingerprint density at radius 3 is 1.31 bits per heavy atom. The molecular weight excluding hydrogens is 156 g/mol. The summed E-state index contributed by atoms with van der Waals surface area (Å²) in [6, 6.07) is 0. The molecule has 0 atom stereocenters. The van der Waals surface area contributed by atoms with E-state index in [4.69, 9.17) is 0 Å². The fraction of sp³-hybridized carbons (Fsp3) is 0.385. The predicted molar refractivity (Wildman–Crippen MR) is 68.1 cm³/mol. The molecule has 0 heteroatoms. The maximum absolute atomic E-state index is 3.56. The van der Waals surface area contributed by atoms with Crippen molar-refractivity contribution in [2.24, 2.45) is 0 Å². The molecule has 0 aliphatic rings. The minimum absolute atomic E-state index is 1.15. The van der Waals surface area contributed by atoms with Gasteiger partial charge in [-0.15, -0.1) is 13.2 Å². The van der Waals surface area contributed by atoms with Crippen molar-refractivity contribution < 1.29 is 0 Å². The molecule has 0 radical (unpaired) electrons. The largest absolute Gasteiger partial charge is 0.106 e. The summed E-state index contributed by atoms with van der Waals surface area (Å²) in [5, 5.41) is 0. The zero-order chi connectivity index (χ0) is 11.7. The van der Waals surface area contributed by atoms with Crippen LogP contribution in [0, 0.1) is 0 Å². The number of rotatable bonds is 2. The lowest BCUT2D eigenvalue weighted by molar-refractivity contribution is 1.50. The average Bonchev–Trinajstić information content (AvgIpc) is 2.27. The molecule has 0 unspecified atom stereocenters. The molecule has 0 amide bonds. The monoisotopic (exact) mass is 182 g/mol. The van der Waals surface area contributed by atoms with Gasteiger partial charge in [-0.1, -0.05) is 64.7 Å². The van der Waals surface area contributed by atoms with Crippen LogP contribution in [0.2, 0.25) is 0 Å². The molecule has 0 fully saturated rings. The lowest BCUT2D eigenvalue weighted by Crippen LogP contribution is -1.58. The van der Waals surface area contributed by atoms with Gasteiger partial charge in [0.1, 0.15) is 0 Å². The van der Waals surface area contributed by atoms with E-state index in [2.05, 4.69) is 26.3 Å². The Morgan fingerprint density at radius 2 is 1.23 bits per heavy atom. The highest BCUT2D eigenvalue weighted by Gasteiger charge is 1.68. The lowest BCUT2D eigenvalue weighted by Gasteiger charge is -1.80. The van der Waals surface area contributed by atoms with E-state index >= 15 is 0 Å². The quantitative estimate of drug-likeness (QED) is 0.409. The molecule has 0 bridgehead atoms. The first-order valence-corrected chi connectivity index (χ1v) is 4.73. The van der Waals surface area contributed by atoms with Gasteiger partial charge in [0.2, 0.25) is 0 Å². The Labute approximate surface area is 85.4 Å². The summed E-state index contributed by atoms with van der Waals surface area (Å²) in [7, 11) is 0. The van der Waals surface area contributed by atoms with Crippen molar-refractivity contribution in [1.29, 1.82) is 0 Å². The molecule has 0 aliphatic carbocycles. The summed E-state index contributed by atoms with van der Waals surface area (Å²) in [6.45, 7) is 23.1. The van der Waals surface area contributed by atoms with E-state index in [0.29, 0.717) is 0 Å². The van der Waals surface area contributed by atoms with Crippen molar-refractivity contribution >= 4 is 0 Å². The Morgan fingerprint density at radius 1 is 0.923 bits per heavy atom. The molecule has 0 saturated heterocycles. The predicted octanol–water partition coefficient (Wildman–Crippen LogP) is 5.16. The normalized spacial score (nSPS) is 7.00. The molecule has 0 nitrogen and oxygen atoms in total. The minimum Gasteiger partial charge on any atom is -0.106 e. The van der Waals surface area contributed by atoms with Gasteiger partial charge in [-0.05, 0) is 6.92 Å². The third-order valence-corrected chi connectivity index (χ3v) is 0.703. The first kappa shape index (κ1) is 22.7. The van der Waals surface area contributed by atoms with Crippen LogP contribution in [0.3, 0.4) is 0 Å². The van der Waals surface area contributed by atoms with Crippen molar-refractivity contribution in [2.75, 3.05) is 0 Å². The van der Waals surface area contributed by atoms with Crippen molar-refractivity contribution in [3.05, 3.63) is 50.1 Å². The fourth-order valence-electron chi connectivity index (χ4n) is 0.254. The molecule has 0 heterocycles. The fourth-order valence-corrected chi connectivity index (χ4v) is 0.254. The van der Waals surface area contributed by atoms with Crippen LogP contribution < -0.4 is 0 Å². The maximum Gasteiger partial charge on any atom is -0.0398 e. The van der Waals surface area contributed by atoms with Crippen LogP contribution >= 0.6 is 0 Å². The van der Waals surface area contributed by atoms with E-state index in [-0.39, 0.29) is 0 Å². The Balaban J connectivity index is -0.0000000573. The second-order valence-electron chi connectivity index (χ2n) is 1.35. The van der Waals surface area contributed by atoms with Gasteiger partial charge in [-0.2, -0.15) is 0 Å². The topological polar surface area (TPSA) is 0 Å². The second-order valence-corrected chi connectivity index (χ2v) is 1.35. The Kier molecular flexibility index (Phi) is 77.1. The van der Waals surface area contributed by atoms with Crippen LogP contribution in [0.1, 0.15) is 34.6 Å². The summed E-state index contributed by atoms with van der Waals surface area (Å²) >= 11 is 0. The van der Waals surface area contributed by atoms with Crippen molar-refractivity contribution in [2.45, 2.75) is 34.6 Å². The number of allylic oxidation sites excluding steroid dienone is 4. The molecule has 78 valence electrons. The van der Waals surface area contributed by atoms with Crippen LogP contribution in [0.25, 0.3) is 0 Å². The van der Waals surface area contributed by atoms with E-state index < -0.39 is 0 Å². The Bertz CT molecular complexity index is 107. The highest BCUT2D eigenvalue weighted by Crippen LogP contribution is 1.90. The summed E-state index contributed by atoms with van der Waals surface area (Å²) in [4.78, 5) is 0. The van der Waals surface area contributed by atoms with Gasteiger partial charge in [0.05, 0.1) is 0 Å². The summed E-state index contributed by atoms with van der Waals surface area (Å²) in [5.41, 5.74) is 1.15. The highest BCUT2D eigenvalue weighted by atomic mass is 13.8. The molecule has 0 aromatic carbocycles. The van der Waals surface area contributed by atoms with Gasteiger partial charge >= 0.3 is 0 Å². The van der Waals surface area contributed by atoms with Gasteiger partial charge in [0.15, 0.2) is 0 Å². The van der Waals surface area contributed by atoms with E-state index in [9.17, 15) is 0 Å². The zero-order valence-corrected chi connectivity index (χ0v) is 10.1. The van der Waals surface area contributed by atoms with E-state index in [1.54, 1.807) is 12.2 Å². The zero-order valence-electron chi connectivity index (χ0n) is 10.1. The molecular formula is C13H26. The van der Waals surface area contributed by atoms with Gasteiger partial charge in [-0.3, -0.25) is 0 Å². The molecule has 0 saturated carbocycles. The molecule has 0 aromatic heterocycles. The molecule has 0 aliphatic heterocycles. The first-order chi connectivity index (χ1) is 6.31. The molecule has 0 N–H and O–H groups in total. The second kappa shape index (κ2) is 44.2. The number of hydrogen-bond donors (Lipinski definition) is 0. The minimum atomic E-state index is 1.15. The van der Waals surface area contributed by atoms with Gasteiger partial charge < -0.3 is 0 Å². The van der Waals surface area contributed by atoms with Crippen LogP contribution in [0.15, 0.2) is 50.1 Å². The number of hydrogen-bond acceptors (Lipinski definition) is 0. The van der Waals surface area contributed by atoms with Crippen LogP contribution in [0.5, 0.6) is 0 Å². The molecule has 0 rings (SSSR count). The van der Waals surface area contributed by atoms with E-state index in [1.807, 2.05) is 40.7 Å². The highest BCUT2D eigenvalue weighted by molar-refractivity contribution is 5.17. The third kappa shape index (κ3) is 56.1. The maximum atomic E-state index is 3.56. The first-order valence-electron chi connectivity index (χ1n) is 4.73. The summed E-state index contributed by atoms with van der Waals surface area (Å²) < 4.78 is 0. The summed E-state index contributed by atoms with van der Waals surface area (Å²) in [6.07, 6.45) is 5.45. The van der Waals surface area contributed by atoms with E-state index in [0.717, 1.165) is 5.57 Å². The van der Waals surface area contributed by atoms with Crippen LogP contribution in [-0.2, 0) is 0 Å². The summed E-state index contributed by atoms with van der Waals surface area (Å²) in [5.74, 6) is 0. The SMILES string of the molecule is C=C.C=C/C=C(/C)C=C.CC.CC. The van der Waals surface area contributed by atoms with Crippen molar-refractivity contribution in [3.63, 3.8) is 0 Å². The molecule has 13 heavy (non-hydrogen) atoms. The standard InChI is InChI=1S/C7H10.2C2H6.C2H4/c1-4-6-7(3)5-2;3*1-2/h4-6H,1-2H2,3H3;2*1-2H3;1-2H2/b7-6-;;;. The lowest BCUT2D eigenvalue weighted by atomic mass is 10.3. The van der Waals surface area contributed by atoms with Gasteiger partial charge in [0, 0.05) is 0 Å². The van der Waals surface area contributed by atoms with Crippen LogP contribution in [0.4, 0.5) is 0 Å².